The van der Waals surface area contributed by atoms with Crippen LogP contribution in [0.2, 0.25) is 0 Å². The Hall–Kier alpha value is -1.36. The summed E-state index contributed by atoms with van der Waals surface area (Å²) in [7, 11) is 0. The third kappa shape index (κ3) is 5.87. The number of hydrogen-bond acceptors (Lipinski definition) is 2. The van der Waals surface area contributed by atoms with Crippen LogP contribution >= 0.6 is 15.9 Å². The van der Waals surface area contributed by atoms with Crippen LogP contribution in [0.3, 0.4) is 0 Å². The van der Waals surface area contributed by atoms with Gasteiger partial charge in [0.05, 0.1) is 5.56 Å². The number of unbranched alkanes of at least 4 members (excludes halogenated alkanes) is 3. The molecule has 0 spiro atoms. The second kappa shape index (κ2) is 8.69. The molecule has 5 heteroatoms. The minimum absolute atomic E-state index is 0.156. The summed E-state index contributed by atoms with van der Waals surface area (Å²) in [5.74, 6) is -0.481. The zero-order valence-corrected chi connectivity index (χ0v) is 12.6. The fourth-order valence-electron chi connectivity index (χ4n) is 1.61. The first-order chi connectivity index (χ1) is 9.15. The number of hydrogen-bond donors (Lipinski definition) is 2. The van der Waals surface area contributed by atoms with Gasteiger partial charge in [-0.15, -0.1) is 0 Å². The van der Waals surface area contributed by atoms with Crippen LogP contribution in [0.25, 0.3) is 0 Å². The predicted octanol–water partition coefficient (Wildman–Crippen LogP) is 3.18. The minimum Gasteiger partial charge on any atom is -0.273 e. The molecule has 4 nitrogen and oxygen atoms in total. The average molecular weight is 327 g/mol. The molecule has 0 aliphatic rings. The first-order valence-corrected chi connectivity index (χ1v) is 7.28. The summed E-state index contributed by atoms with van der Waals surface area (Å²) in [4.78, 5) is 23.3. The largest absolute Gasteiger partial charge is 0.273 e. The van der Waals surface area contributed by atoms with Crippen molar-refractivity contribution < 1.29 is 9.59 Å². The number of benzene rings is 1. The lowest BCUT2D eigenvalue weighted by molar-refractivity contribution is -0.122. The molecule has 0 aliphatic carbocycles. The lowest BCUT2D eigenvalue weighted by Gasteiger charge is -2.08. The molecule has 0 saturated carbocycles. The summed E-state index contributed by atoms with van der Waals surface area (Å²) < 4.78 is 0.699. The molecule has 0 fully saturated rings. The second-order valence-electron chi connectivity index (χ2n) is 4.29. The van der Waals surface area contributed by atoms with Crippen LogP contribution in [-0.4, -0.2) is 11.8 Å². The molecule has 0 unspecified atom stereocenters. The summed E-state index contributed by atoms with van der Waals surface area (Å²) in [6, 6.07) is 7.06. The van der Waals surface area contributed by atoms with E-state index in [-0.39, 0.29) is 11.8 Å². The lowest BCUT2D eigenvalue weighted by Crippen LogP contribution is -2.41. The van der Waals surface area contributed by atoms with E-state index in [9.17, 15) is 9.59 Å². The third-order valence-corrected chi connectivity index (χ3v) is 3.38. The third-order valence-electron chi connectivity index (χ3n) is 2.69. The Morgan fingerprint density at radius 1 is 1.11 bits per heavy atom. The van der Waals surface area contributed by atoms with E-state index in [0.29, 0.717) is 16.5 Å². The summed E-state index contributed by atoms with van der Waals surface area (Å²) in [6.07, 6.45) is 4.61. The molecule has 1 rings (SSSR count). The summed E-state index contributed by atoms with van der Waals surface area (Å²) in [6.45, 7) is 2.12. The topological polar surface area (TPSA) is 58.2 Å². The number of carbonyl (C=O) groups excluding carboxylic acids is 2. The molecular formula is C14H19BrN2O2. The highest BCUT2D eigenvalue weighted by Gasteiger charge is 2.09. The highest BCUT2D eigenvalue weighted by atomic mass is 79.9. The van der Waals surface area contributed by atoms with Crippen LogP contribution in [-0.2, 0) is 4.79 Å². The molecule has 1 aromatic carbocycles. The molecule has 19 heavy (non-hydrogen) atoms. The van der Waals surface area contributed by atoms with Crippen LogP contribution in [0.4, 0.5) is 0 Å². The number of nitrogens with one attached hydrogen (secondary N) is 2. The van der Waals surface area contributed by atoms with Crippen molar-refractivity contribution in [1.82, 2.24) is 10.9 Å². The van der Waals surface area contributed by atoms with E-state index in [0.717, 1.165) is 25.7 Å². The van der Waals surface area contributed by atoms with Crippen molar-refractivity contribution in [3.63, 3.8) is 0 Å². The number of rotatable bonds is 6. The molecule has 2 amide bonds. The molecule has 0 saturated heterocycles. The van der Waals surface area contributed by atoms with E-state index in [4.69, 9.17) is 0 Å². The summed E-state index contributed by atoms with van der Waals surface area (Å²) >= 11 is 3.29. The Morgan fingerprint density at radius 2 is 1.84 bits per heavy atom. The van der Waals surface area contributed by atoms with Crippen molar-refractivity contribution in [2.45, 2.75) is 39.0 Å². The Kier molecular flexibility index (Phi) is 7.18. The molecule has 0 heterocycles. The Morgan fingerprint density at radius 3 is 2.53 bits per heavy atom. The maximum absolute atomic E-state index is 11.8. The highest BCUT2D eigenvalue weighted by Crippen LogP contribution is 2.15. The standard InChI is InChI=1S/C14H19BrN2O2/c1-2-3-4-5-10-13(18)16-17-14(19)11-8-6-7-9-12(11)15/h6-9H,2-5,10H2,1H3,(H,16,18)(H,17,19). The van der Waals surface area contributed by atoms with Crippen LogP contribution in [0, 0.1) is 0 Å². The van der Waals surface area contributed by atoms with Gasteiger partial charge in [0.25, 0.3) is 5.91 Å². The number of halogens is 1. The SMILES string of the molecule is CCCCCCC(=O)NNC(=O)c1ccccc1Br. The fourth-order valence-corrected chi connectivity index (χ4v) is 2.08. The van der Waals surface area contributed by atoms with Crippen molar-refractivity contribution in [2.75, 3.05) is 0 Å². The van der Waals surface area contributed by atoms with E-state index in [1.807, 2.05) is 6.07 Å². The van der Waals surface area contributed by atoms with Gasteiger partial charge in [0, 0.05) is 10.9 Å². The van der Waals surface area contributed by atoms with Gasteiger partial charge < -0.3 is 0 Å². The van der Waals surface area contributed by atoms with Crippen LogP contribution in [0.1, 0.15) is 49.4 Å². The molecule has 0 radical (unpaired) electrons. The van der Waals surface area contributed by atoms with Gasteiger partial charge in [0.1, 0.15) is 0 Å². The Balaban J connectivity index is 2.30. The van der Waals surface area contributed by atoms with Crippen LogP contribution in [0.15, 0.2) is 28.7 Å². The van der Waals surface area contributed by atoms with Gasteiger partial charge in [-0.25, -0.2) is 0 Å². The van der Waals surface area contributed by atoms with Gasteiger partial charge >= 0.3 is 0 Å². The Labute approximate surface area is 122 Å². The molecular weight excluding hydrogens is 308 g/mol. The molecule has 0 atom stereocenters. The Bertz CT molecular complexity index is 435. The average Bonchev–Trinajstić information content (AvgIpc) is 2.41. The van der Waals surface area contributed by atoms with E-state index in [2.05, 4.69) is 33.7 Å². The van der Waals surface area contributed by atoms with E-state index in [1.165, 1.54) is 0 Å². The van der Waals surface area contributed by atoms with Crippen molar-refractivity contribution in [3.8, 4) is 0 Å². The molecule has 1 aromatic rings. The second-order valence-corrected chi connectivity index (χ2v) is 5.15. The quantitative estimate of drug-likeness (QED) is 0.623. The van der Waals surface area contributed by atoms with Crippen molar-refractivity contribution >= 4 is 27.7 Å². The number of amides is 2. The fraction of sp³-hybridized carbons (Fsp3) is 0.429. The van der Waals surface area contributed by atoms with Gasteiger partial charge in [-0.3, -0.25) is 20.4 Å². The maximum Gasteiger partial charge on any atom is 0.270 e. The van der Waals surface area contributed by atoms with Crippen molar-refractivity contribution in [3.05, 3.63) is 34.3 Å². The molecule has 0 aromatic heterocycles. The monoisotopic (exact) mass is 326 g/mol. The molecule has 2 N–H and O–H groups in total. The van der Waals surface area contributed by atoms with Gasteiger partial charge in [-0.2, -0.15) is 0 Å². The van der Waals surface area contributed by atoms with E-state index in [1.54, 1.807) is 18.2 Å². The zero-order valence-electron chi connectivity index (χ0n) is 11.0. The zero-order chi connectivity index (χ0) is 14.1. The van der Waals surface area contributed by atoms with Crippen LogP contribution < -0.4 is 10.9 Å². The highest BCUT2D eigenvalue weighted by molar-refractivity contribution is 9.10. The van der Waals surface area contributed by atoms with Gasteiger partial charge in [-0.05, 0) is 34.5 Å². The molecule has 0 aliphatic heterocycles. The number of carbonyl (C=O) groups is 2. The van der Waals surface area contributed by atoms with Gasteiger partial charge in [-0.1, -0.05) is 38.3 Å². The van der Waals surface area contributed by atoms with E-state index >= 15 is 0 Å². The van der Waals surface area contributed by atoms with Crippen LogP contribution in [0.5, 0.6) is 0 Å². The normalized spacial score (nSPS) is 10.0. The van der Waals surface area contributed by atoms with Crippen molar-refractivity contribution in [1.29, 1.82) is 0 Å². The minimum atomic E-state index is -0.325. The predicted molar refractivity (Wildman–Crippen MR) is 78.5 cm³/mol. The first kappa shape index (κ1) is 15.7. The summed E-state index contributed by atoms with van der Waals surface area (Å²) in [5.41, 5.74) is 5.33. The summed E-state index contributed by atoms with van der Waals surface area (Å²) in [5, 5.41) is 0. The smallest absolute Gasteiger partial charge is 0.270 e. The lowest BCUT2D eigenvalue weighted by atomic mass is 10.1. The number of hydrazine groups is 1. The molecule has 0 bridgehead atoms. The van der Waals surface area contributed by atoms with Crippen molar-refractivity contribution in [2.24, 2.45) is 0 Å². The molecule has 104 valence electrons. The first-order valence-electron chi connectivity index (χ1n) is 6.49. The van der Waals surface area contributed by atoms with E-state index < -0.39 is 0 Å². The van der Waals surface area contributed by atoms with Gasteiger partial charge in [0.2, 0.25) is 5.91 Å². The van der Waals surface area contributed by atoms with Gasteiger partial charge in [0.15, 0.2) is 0 Å². The maximum atomic E-state index is 11.8.